The molecular weight excluding hydrogens is 236 g/mol. The van der Waals surface area contributed by atoms with E-state index in [1.54, 1.807) is 6.20 Å². The van der Waals surface area contributed by atoms with Crippen LogP contribution in [-0.4, -0.2) is 22.0 Å². The van der Waals surface area contributed by atoms with Crippen molar-refractivity contribution in [2.24, 2.45) is 0 Å². The molecule has 0 aliphatic rings. The van der Waals surface area contributed by atoms with E-state index >= 15 is 0 Å². The van der Waals surface area contributed by atoms with Gasteiger partial charge in [-0.05, 0) is 38.9 Å². The van der Waals surface area contributed by atoms with Crippen LogP contribution in [-0.2, 0) is 13.0 Å². The summed E-state index contributed by atoms with van der Waals surface area (Å²) in [5, 5.41) is 3.16. The summed E-state index contributed by atoms with van der Waals surface area (Å²) >= 11 is 0. The molecule has 0 fully saturated rings. The molecule has 1 N–H and O–H groups in total. The van der Waals surface area contributed by atoms with Crippen LogP contribution in [0.5, 0.6) is 0 Å². The lowest BCUT2D eigenvalue weighted by atomic mass is 10.1. The van der Waals surface area contributed by atoms with Gasteiger partial charge in [-0.2, -0.15) is 0 Å². The summed E-state index contributed by atoms with van der Waals surface area (Å²) in [4.78, 5) is 13.5. The van der Waals surface area contributed by atoms with Crippen molar-refractivity contribution in [3.63, 3.8) is 0 Å². The van der Waals surface area contributed by atoms with Crippen LogP contribution in [0.4, 0.5) is 0 Å². The molecule has 2 rings (SSSR count). The van der Waals surface area contributed by atoms with Crippen LogP contribution in [0.3, 0.4) is 0 Å². The Kier molecular flexibility index (Phi) is 4.22. The van der Waals surface area contributed by atoms with Crippen LogP contribution in [0.25, 0.3) is 11.4 Å². The third-order valence-electron chi connectivity index (χ3n) is 3.30. The summed E-state index contributed by atoms with van der Waals surface area (Å²) in [7, 11) is 1.94. The Bertz CT molecular complexity index is 555. The number of hydrogen-bond acceptors (Lipinski definition) is 4. The molecule has 0 saturated carbocycles. The molecule has 4 nitrogen and oxygen atoms in total. The summed E-state index contributed by atoms with van der Waals surface area (Å²) < 4.78 is 0. The zero-order valence-corrected chi connectivity index (χ0v) is 12.0. The molecule has 2 heterocycles. The monoisotopic (exact) mass is 256 g/mol. The largest absolute Gasteiger partial charge is 0.316 e. The first-order valence-corrected chi connectivity index (χ1v) is 6.59. The second kappa shape index (κ2) is 5.89. The van der Waals surface area contributed by atoms with E-state index in [4.69, 9.17) is 0 Å². The highest BCUT2D eigenvalue weighted by molar-refractivity contribution is 5.59. The van der Waals surface area contributed by atoms with Gasteiger partial charge < -0.3 is 5.32 Å². The lowest BCUT2D eigenvalue weighted by Gasteiger charge is -2.12. The number of hydrogen-bond donors (Lipinski definition) is 1. The lowest BCUT2D eigenvalue weighted by molar-refractivity contribution is 0.787. The molecule has 0 spiro atoms. The van der Waals surface area contributed by atoms with Gasteiger partial charge in [0.25, 0.3) is 0 Å². The first kappa shape index (κ1) is 13.6. The van der Waals surface area contributed by atoms with Crippen LogP contribution in [0.2, 0.25) is 0 Å². The summed E-state index contributed by atoms with van der Waals surface area (Å²) in [6.45, 7) is 7.00. The van der Waals surface area contributed by atoms with Crippen molar-refractivity contribution in [1.82, 2.24) is 20.3 Å². The van der Waals surface area contributed by atoms with Gasteiger partial charge in [0, 0.05) is 41.5 Å². The van der Waals surface area contributed by atoms with E-state index < -0.39 is 0 Å². The van der Waals surface area contributed by atoms with E-state index in [1.165, 1.54) is 11.1 Å². The van der Waals surface area contributed by atoms with E-state index in [1.807, 2.05) is 33.2 Å². The summed E-state index contributed by atoms with van der Waals surface area (Å²) in [5.74, 6) is 0.800. The minimum atomic E-state index is 0.800. The molecule has 2 aromatic rings. The average molecular weight is 256 g/mol. The van der Waals surface area contributed by atoms with Gasteiger partial charge >= 0.3 is 0 Å². The fraction of sp³-hybridized carbons (Fsp3) is 0.400. The molecule has 0 bridgehead atoms. The van der Waals surface area contributed by atoms with Gasteiger partial charge in [0.1, 0.15) is 0 Å². The van der Waals surface area contributed by atoms with Crippen molar-refractivity contribution >= 4 is 0 Å². The number of nitrogens with one attached hydrogen (secondary N) is 1. The number of aryl methyl sites for hydroxylation is 3. The van der Waals surface area contributed by atoms with Crippen molar-refractivity contribution in [3.8, 4) is 11.4 Å². The van der Waals surface area contributed by atoms with Crippen molar-refractivity contribution in [1.29, 1.82) is 0 Å². The van der Waals surface area contributed by atoms with Gasteiger partial charge in [0.2, 0.25) is 0 Å². The molecule has 4 heteroatoms. The molecule has 100 valence electrons. The van der Waals surface area contributed by atoms with Gasteiger partial charge in [0.05, 0.1) is 0 Å². The van der Waals surface area contributed by atoms with Crippen LogP contribution < -0.4 is 5.32 Å². The summed E-state index contributed by atoms with van der Waals surface area (Å²) in [6.07, 6.45) is 4.62. The van der Waals surface area contributed by atoms with Crippen LogP contribution in [0.15, 0.2) is 18.5 Å². The Labute approximate surface area is 114 Å². The smallest absolute Gasteiger partial charge is 0.160 e. The number of rotatable bonds is 4. The van der Waals surface area contributed by atoms with E-state index in [0.29, 0.717) is 0 Å². The summed E-state index contributed by atoms with van der Waals surface area (Å²) in [5.41, 5.74) is 5.52. The molecule has 0 saturated heterocycles. The van der Waals surface area contributed by atoms with E-state index in [9.17, 15) is 0 Å². The fourth-order valence-corrected chi connectivity index (χ4v) is 2.22. The molecule has 0 radical (unpaired) electrons. The third kappa shape index (κ3) is 2.79. The van der Waals surface area contributed by atoms with Crippen molar-refractivity contribution < 1.29 is 0 Å². The van der Waals surface area contributed by atoms with Crippen LogP contribution in [0, 0.1) is 13.8 Å². The molecule has 0 atom stereocenters. The van der Waals surface area contributed by atoms with Crippen LogP contribution in [0.1, 0.15) is 29.4 Å². The first-order valence-electron chi connectivity index (χ1n) is 6.59. The Balaban J connectivity index is 2.52. The Hall–Kier alpha value is -1.81. The zero-order chi connectivity index (χ0) is 13.8. The highest BCUT2D eigenvalue weighted by Crippen LogP contribution is 2.22. The molecule has 0 aromatic carbocycles. The Morgan fingerprint density at radius 1 is 1.16 bits per heavy atom. The van der Waals surface area contributed by atoms with E-state index in [-0.39, 0.29) is 0 Å². The quantitative estimate of drug-likeness (QED) is 0.913. The normalized spacial score (nSPS) is 10.7. The van der Waals surface area contributed by atoms with E-state index in [0.717, 1.165) is 35.7 Å². The number of nitrogens with zero attached hydrogens (tertiary/aromatic N) is 3. The topological polar surface area (TPSA) is 50.7 Å². The van der Waals surface area contributed by atoms with E-state index in [2.05, 4.69) is 27.2 Å². The Morgan fingerprint density at radius 3 is 2.42 bits per heavy atom. The highest BCUT2D eigenvalue weighted by Gasteiger charge is 2.11. The standard InChI is InChI=1S/C15H20N4/c1-5-12-8-17-7-6-13(12)15-18-10(2)14(9-16-4)11(3)19-15/h6-8,16H,5,9H2,1-4H3. The zero-order valence-electron chi connectivity index (χ0n) is 12.0. The molecule has 0 unspecified atom stereocenters. The second-order valence-electron chi connectivity index (χ2n) is 4.61. The maximum atomic E-state index is 4.65. The molecule has 0 amide bonds. The van der Waals surface area contributed by atoms with Gasteiger partial charge in [0.15, 0.2) is 5.82 Å². The first-order chi connectivity index (χ1) is 9.17. The predicted octanol–water partition coefficient (Wildman–Crippen LogP) is 2.44. The minimum absolute atomic E-state index is 0.800. The molecule has 19 heavy (non-hydrogen) atoms. The molecule has 0 aliphatic heterocycles. The van der Waals surface area contributed by atoms with Crippen molar-refractivity contribution in [2.75, 3.05) is 7.05 Å². The lowest BCUT2D eigenvalue weighted by Crippen LogP contribution is -2.11. The summed E-state index contributed by atoms with van der Waals surface area (Å²) in [6, 6.07) is 1.99. The van der Waals surface area contributed by atoms with Crippen LogP contribution >= 0.6 is 0 Å². The second-order valence-corrected chi connectivity index (χ2v) is 4.61. The molecule has 0 aliphatic carbocycles. The van der Waals surface area contributed by atoms with Gasteiger partial charge in [-0.15, -0.1) is 0 Å². The molecular formula is C15H20N4. The number of aromatic nitrogens is 3. The fourth-order valence-electron chi connectivity index (χ4n) is 2.22. The van der Waals surface area contributed by atoms with Gasteiger partial charge in [-0.25, -0.2) is 9.97 Å². The van der Waals surface area contributed by atoms with Gasteiger partial charge in [-0.3, -0.25) is 4.98 Å². The van der Waals surface area contributed by atoms with Gasteiger partial charge in [-0.1, -0.05) is 6.92 Å². The van der Waals surface area contributed by atoms with Crippen molar-refractivity contribution in [2.45, 2.75) is 33.7 Å². The Morgan fingerprint density at radius 2 is 1.84 bits per heavy atom. The average Bonchev–Trinajstić information content (AvgIpc) is 2.42. The number of pyridine rings is 1. The maximum absolute atomic E-state index is 4.65. The minimum Gasteiger partial charge on any atom is -0.316 e. The van der Waals surface area contributed by atoms with Crippen molar-refractivity contribution in [3.05, 3.63) is 41.0 Å². The SMILES string of the molecule is CCc1cnccc1-c1nc(C)c(CNC)c(C)n1. The maximum Gasteiger partial charge on any atom is 0.160 e. The third-order valence-corrected chi connectivity index (χ3v) is 3.30. The predicted molar refractivity (Wildman–Crippen MR) is 76.9 cm³/mol. The highest BCUT2D eigenvalue weighted by atomic mass is 14.9. The molecule has 2 aromatic heterocycles.